The quantitative estimate of drug-likeness (QED) is 0.723. The topological polar surface area (TPSA) is 121 Å². The first-order chi connectivity index (χ1) is 15.9. The Kier molecular flexibility index (Phi) is 5.61. The number of hydrogen-bond donors (Lipinski definition) is 1. The van der Waals surface area contributed by atoms with Crippen LogP contribution in [0.25, 0.3) is 0 Å². The van der Waals surface area contributed by atoms with Crippen LogP contribution in [-0.4, -0.2) is 58.0 Å². The van der Waals surface area contributed by atoms with Gasteiger partial charge in [-0.3, -0.25) is 4.79 Å². The fourth-order valence-corrected chi connectivity index (χ4v) is 5.63. The lowest BCUT2D eigenvalue weighted by Gasteiger charge is -2.33. The molecule has 1 saturated heterocycles. The van der Waals surface area contributed by atoms with Gasteiger partial charge in [-0.1, -0.05) is 18.2 Å². The number of fused-ring (bicyclic) bond motifs is 2. The first-order valence-corrected chi connectivity index (χ1v) is 12.5. The molecule has 3 aliphatic heterocycles. The molecular weight excluding hydrogens is 446 g/mol. The number of amides is 1. The van der Waals surface area contributed by atoms with Gasteiger partial charge in [0.25, 0.3) is 15.9 Å². The zero-order chi connectivity index (χ0) is 23.0. The lowest BCUT2D eigenvalue weighted by molar-refractivity contribution is 0.0624. The highest BCUT2D eigenvalue weighted by molar-refractivity contribution is 7.89. The summed E-state index contributed by atoms with van der Waals surface area (Å²) in [7, 11) is -3.60. The highest BCUT2D eigenvalue weighted by Crippen LogP contribution is 2.35. The second-order valence-electron chi connectivity index (χ2n) is 8.39. The normalized spacial score (nSPS) is 21.0. The van der Waals surface area contributed by atoms with Crippen molar-refractivity contribution >= 4 is 21.8 Å². The Hall–Kier alpha value is -3.27. The summed E-state index contributed by atoms with van der Waals surface area (Å²) in [6, 6.07) is 10.6. The van der Waals surface area contributed by atoms with Gasteiger partial charge in [-0.25, -0.2) is 8.42 Å². The number of ether oxygens (including phenoxy) is 3. The molecule has 0 saturated carbocycles. The molecule has 2 aromatic rings. The van der Waals surface area contributed by atoms with Gasteiger partial charge in [0.1, 0.15) is 24.8 Å². The Morgan fingerprint density at radius 3 is 2.88 bits per heavy atom. The number of benzene rings is 2. The molecule has 0 aromatic heterocycles. The molecule has 0 aliphatic carbocycles. The van der Waals surface area contributed by atoms with Crippen molar-refractivity contribution in [2.45, 2.75) is 18.6 Å². The molecule has 0 unspecified atom stereocenters. The summed E-state index contributed by atoms with van der Waals surface area (Å²) in [6.45, 7) is 2.49. The largest absolute Gasteiger partial charge is 0.492 e. The average Bonchev–Trinajstić information content (AvgIpc) is 2.81. The average molecular weight is 472 g/mol. The summed E-state index contributed by atoms with van der Waals surface area (Å²) >= 11 is 0. The molecule has 0 radical (unpaired) electrons. The van der Waals surface area contributed by atoms with Crippen molar-refractivity contribution < 1.29 is 27.4 Å². The highest BCUT2D eigenvalue weighted by Gasteiger charge is 2.30. The van der Waals surface area contributed by atoms with Crippen LogP contribution in [0.3, 0.4) is 0 Å². The fourth-order valence-electron chi connectivity index (χ4n) is 4.54. The molecule has 1 amide bonds. The molecule has 3 aliphatic rings. The lowest BCUT2D eigenvalue weighted by Crippen LogP contribution is -2.42. The molecular formula is C23H25N3O6S. The molecule has 9 nitrogen and oxygen atoms in total. The van der Waals surface area contributed by atoms with Gasteiger partial charge in [-0.2, -0.15) is 0 Å². The molecule has 1 atom stereocenters. The zero-order valence-electron chi connectivity index (χ0n) is 18.0. The van der Waals surface area contributed by atoms with E-state index >= 15 is 0 Å². The second kappa shape index (κ2) is 8.58. The van der Waals surface area contributed by atoms with Gasteiger partial charge in [-0.15, -0.1) is 4.40 Å². The third-order valence-corrected chi connectivity index (χ3v) is 7.17. The van der Waals surface area contributed by atoms with E-state index in [-0.39, 0.29) is 23.4 Å². The number of piperidine rings is 1. The number of sulfonamides is 1. The Bertz CT molecular complexity index is 1230. The van der Waals surface area contributed by atoms with Gasteiger partial charge >= 0.3 is 0 Å². The van der Waals surface area contributed by atoms with Gasteiger partial charge < -0.3 is 24.8 Å². The summed E-state index contributed by atoms with van der Waals surface area (Å²) in [5.41, 5.74) is 7.55. The maximum Gasteiger partial charge on any atom is 0.259 e. The van der Waals surface area contributed by atoms with E-state index in [1.54, 1.807) is 36.4 Å². The standard InChI is InChI=1S/C23H25N3O6S/c24-22-20-16(14-33(28,29)25-22)5-1-7-18(20)32-13-15-4-3-9-26(12-15)23(27)17-6-2-8-19-21(17)31-11-10-30-19/h1-2,5-8,15H,3-4,9-14H2,(H2,24,25)/t15-/m0/s1. The number of carbonyl (C=O) groups is 1. The van der Waals surface area contributed by atoms with Crippen molar-refractivity contribution in [2.75, 3.05) is 32.9 Å². The molecule has 3 heterocycles. The number of amidine groups is 1. The number of nitrogens with two attached hydrogens (primary N) is 1. The van der Waals surface area contributed by atoms with Crippen LogP contribution in [0.1, 0.15) is 34.3 Å². The number of nitrogens with zero attached hydrogens (tertiary/aromatic N) is 2. The van der Waals surface area contributed by atoms with Crippen molar-refractivity contribution in [3.05, 3.63) is 53.1 Å². The maximum absolute atomic E-state index is 13.2. The minimum absolute atomic E-state index is 0.0524. The second-order valence-corrected chi connectivity index (χ2v) is 10.0. The van der Waals surface area contributed by atoms with Gasteiger partial charge in [-0.05, 0) is 36.6 Å². The minimum atomic E-state index is -3.60. The number of carbonyl (C=O) groups excluding carboxylic acids is 1. The predicted molar refractivity (Wildman–Crippen MR) is 121 cm³/mol. The van der Waals surface area contributed by atoms with Crippen molar-refractivity contribution in [3.63, 3.8) is 0 Å². The van der Waals surface area contributed by atoms with E-state index < -0.39 is 10.0 Å². The summed E-state index contributed by atoms with van der Waals surface area (Å²) < 4.78 is 44.8. The van der Waals surface area contributed by atoms with Gasteiger partial charge in [0.2, 0.25) is 0 Å². The predicted octanol–water partition coefficient (Wildman–Crippen LogP) is 1.94. The fraction of sp³-hybridized carbons (Fsp3) is 0.391. The maximum atomic E-state index is 13.2. The van der Waals surface area contributed by atoms with Crippen LogP contribution in [-0.2, 0) is 15.8 Å². The Morgan fingerprint density at radius 1 is 1.18 bits per heavy atom. The van der Waals surface area contributed by atoms with Crippen molar-refractivity contribution in [3.8, 4) is 17.2 Å². The first kappa shape index (κ1) is 21.6. The summed E-state index contributed by atoms with van der Waals surface area (Å²) in [5.74, 6) is 1.41. The Labute approximate surface area is 192 Å². The molecule has 1 fully saturated rings. The number of para-hydroxylation sites is 1. The third kappa shape index (κ3) is 4.35. The summed E-state index contributed by atoms with van der Waals surface area (Å²) in [6.07, 6.45) is 1.78. The van der Waals surface area contributed by atoms with E-state index in [1.165, 1.54) is 0 Å². The van der Waals surface area contributed by atoms with Crippen molar-refractivity contribution in [1.82, 2.24) is 4.90 Å². The number of likely N-dealkylation sites (tertiary alicyclic amines) is 1. The molecule has 10 heteroatoms. The van der Waals surface area contributed by atoms with E-state index in [0.29, 0.717) is 66.8 Å². The highest BCUT2D eigenvalue weighted by atomic mass is 32.2. The monoisotopic (exact) mass is 471 g/mol. The molecule has 33 heavy (non-hydrogen) atoms. The summed E-state index contributed by atoms with van der Waals surface area (Å²) in [5, 5.41) is 0. The van der Waals surface area contributed by atoms with E-state index in [4.69, 9.17) is 19.9 Å². The zero-order valence-corrected chi connectivity index (χ0v) is 18.8. The van der Waals surface area contributed by atoms with E-state index in [2.05, 4.69) is 4.40 Å². The van der Waals surface area contributed by atoms with Crippen LogP contribution in [0.5, 0.6) is 17.2 Å². The van der Waals surface area contributed by atoms with Crippen molar-refractivity contribution in [2.24, 2.45) is 16.0 Å². The van der Waals surface area contributed by atoms with Crippen LogP contribution in [0.15, 0.2) is 40.8 Å². The van der Waals surface area contributed by atoms with Gasteiger partial charge in [0.05, 0.1) is 23.5 Å². The van der Waals surface area contributed by atoms with Gasteiger partial charge in [0.15, 0.2) is 11.5 Å². The molecule has 0 bridgehead atoms. The van der Waals surface area contributed by atoms with Crippen LogP contribution >= 0.6 is 0 Å². The Morgan fingerprint density at radius 2 is 2.00 bits per heavy atom. The van der Waals surface area contributed by atoms with Gasteiger partial charge in [0, 0.05) is 19.0 Å². The van der Waals surface area contributed by atoms with Crippen LogP contribution < -0.4 is 19.9 Å². The molecule has 2 aromatic carbocycles. The first-order valence-electron chi connectivity index (χ1n) is 10.9. The number of rotatable bonds is 4. The van der Waals surface area contributed by atoms with E-state index in [9.17, 15) is 13.2 Å². The van der Waals surface area contributed by atoms with Crippen molar-refractivity contribution in [1.29, 1.82) is 0 Å². The Balaban J connectivity index is 1.28. The summed E-state index contributed by atoms with van der Waals surface area (Å²) in [4.78, 5) is 15.1. The smallest absolute Gasteiger partial charge is 0.259 e. The molecule has 2 N–H and O–H groups in total. The number of hydrogen-bond acceptors (Lipinski definition) is 7. The SMILES string of the molecule is NC1=NS(=O)(=O)Cc2cccc(OC[C@H]3CCCN(C(=O)c4cccc5c4OCCO5)C3)c21. The minimum Gasteiger partial charge on any atom is -0.492 e. The van der Waals surface area contributed by atoms with Crippen LogP contribution in [0, 0.1) is 5.92 Å². The van der Waals surface area contributed by atoms with E-state index in [1.807, 2.05) is 4.90 Å². The van der Waals surface area contributed by atoms with E-state index in [0.717, 1.165) is 12.8 Å². The van der Waals surface area contributed by atoms with Crippen LogP contribution in [0.2, 0.25) is 0 Å². The molecule has 0 spiro atoms. The lowest BCUT2D eigenvalue weighted by atomic mass is 9.98. The molecule has 5 rings (SSSR count). The molecule has 174 valence electrons. The third-order valence-electron chi connectivity index (χ3n) is 6.02. The van der Waals surface area contributed by atoms with Crippen LogP contribution in [0.4, 0.5) is 0 Å².